The SMILES string of the molecule is CCCCc1ccc(S(=O)(=O)N2c3ccccc3CC2C)cc1. The third-order valence-corrected chi connectivity index (χ3v) is 6.39. The largest absolute Gasteiger partial charge is 0.264 e. The van der Waals surface area contributed by atoms with Gasteiger partial charge in [0.15, 0.2) is 0 Å². The van der Waals surface area contributed by atoms with E-state index in [4.69, 9.17) is 0 Å². The summed E-state index contributed by atoms with van der Waals surface area (Å²) in [6, 6.07) is 15.1. The van der Waals surface area contributed by atoms with Crippen LogP contribution in [0.4, 0.5) is 5.69 Å². The predicted molar refractivity (Wildman–Crippen MR) is 94.3 cm³/mol. The fourth-order valence-corrected chi connectivity index (χ4v) is 4.92. The maximum Gasteiger partial charge on any atom is 0.264 e. The van der Waals surface area contributed by atoms with Crippen LogP contribution in [0.2, 0.25) is 0 Å². The highest BCUT2D eigenvalue weighted by Crippen LogP contribution is 2.36. The molecule has 0 N–H and O–H groups in total. The molecule has 0 spiro atoms. The highest BCUT2D eigenvalue weighted by molar-refractivity contribution is 7.92. The van der Waals surface area contributed by atoms with Crippen molar-refractivity contribution < 1.29 is 8.42 Å². The minimum atomic E-state index is -3.51. The van der Waals surface area contributed by atoms with Crippen LogP contribution < -0.4 is 4.31 Å². The minimum absolute atomic E-state index is 0.0443. The average molecular weight is 329 g/mol. The van der Waals surface area contributed by atoms with E-state index < -0.39 is 10.0 Å². The molecule has 2 aromatic rings. The lowest BCUT2D eigenvalue weighted by molar-refractivity contribution is 0.584. The maximum atomic E-state index is 13.1. The molecule has 1 aliphatic heterocycles. The number of sulfonamides is 1. The summed E-state index contributed by atoms with van der Waals surface area (Å²) in [5, 5.41) is 0. The third kappa shape index (κ3) is 3.00. The number of hydrogen-bond acceptors (Lipinski definition) is 2. The van der Waals surface area contributed by atoms with E-state index in [0.717, 1.165) is 36.9 Å². The van der Waals surface area contributed by atoms with Crippen molar-refractivity contribution in [3.8, 4) is 0 Å². The highest BCUT2D eigenvalue weighted by atomic mass is 32.2. The van der Waals surface area contributed by atoms with Crippen LogP contribution in [0.5, 0.6) is 0 Å². The molecule has 3 nitrogen and oxygen atoms in total. The molecule has 122 valence electrons. The summed E-state index contributed by atoms with van der Waals surface area (Å²) in [7, 11) is -3.51. The molecule has 3 rings (SSSR count). The van der Waals surface area contributed by atoms with E-state index in [1.807, 2.05) is 43.3 Å². The number of unbranched alkanes of at least 4 members (excludes halogenated alkanes) is 1. The first-order valence-corrected chi connectivity index (χ1v) is 9.69. The van der Waals surface area contributed by atoms with Crippen LogP contribution in [0.1, 0.15) is 37.8 Å². The lowest BCUT2D eigenvalue weighted by Gasteiger charge is -2.24. The summed E-state index contributed by atoms with van der Waals surface area (Å²) in [6.07, 6.45) is 4.04. The molecule has 2 aromatic carbocycles. The van der Waals surface area contributed by atoms with E-state index in [2.05, 4.69) is 6.92 Å². The Labute approximate surface area is 139 Å². The van der Waals surface area contributed by atoms with E-state index in [9.17, 15) is 8.42 Å². The fourth-order valence-electron chi connectivity index (χ4n) is 3.23. The normalized spacial score (nSPS) is 17.3. The minimum Gasteiger partial charge on any atom is -0.263 e. The van der Waals surface area contributed by atoms with Gasteiger partial charge in [0.05, 0.1) is 10.6 Å². The van der Waals surface area contributed by atoms with Gasteiger partial charge in [-0.05, 0) is 55.5 Å². The number of benzene rings is 2. The first-order valence-electron chi connectivity index (χ1n) is 8.25. The number of anilines is 1. The molecular weight excluding hydrogens is 306 g/mol. The van der Waals surface area contributed by atoms with Gasteiger partial charge in [0, 0.05) is 6.04 Å². The molecule has 0 amide bonds. The molecule has 23 heavy (non-hydrogen) atoms. The van der Waals surface area contributed by atoms with E-state index in [0.29, 0.717) is 4.90 Å². The van der Waals surface area contributed by atoms with Gasteiger partial charge in [-0.3, -0.25) is 4.31 Å². The maximum absolute atomic E-state index is 13.1. The van der Waals surface area contributed by atoms with Crippen LogP contribution in [0.15, 0.2) is 53.4 Å². The molecule has 1 unspecified atom stereocenters. The smallest absolute Gasteiger partial charge is 0.263 e. The Bertz CT molecular complexity index is 781. The second-order valence-electron chi connectivity index (χ2n) is 6.23. The monoisotopic (exact) mass is 329 g/mol. The van der Waals surface area contributed by atoms with E-state index >= 15 is 0 Å². The lowest BCUT2D eigenvalue weighted by atomic mass is 10.1. The molecule has 0 bridgehead atoms. The topological polar surface area (TPSA) is 37.4 Å². The van der Waals surface area contributed by atoms with Crippen molar-refractivity contribution in [2.75, 3.05) is 4.31 Å². The molecule has 0 aliphatic carbocycles. The molecule has 1 heterocycles. The number of fused-ring (bicyclic) bond motifs is 1. The Hall–Kier alpha value is -1.81. The summed E-state index contributed by atoms with van der Waals surface area (Å²) in [5.74, 6) is 0. The molecule has 4 heteroatoms. The van der Waals surface area contributed by atoms with Crippen LogP contribution in [-0.4, -0.2) is 14.5 Å². The quantitative estimate of drug-likeness (QED) is 0.825. The number of aryl methyl sites for hydroxylation is 1. The molecule has 0 fully saturated rings. The fraction of sp³-hybridized carbons (Fsp3) is 0.368. The molecular formula is C19H23NO2S. The second-order valence-corrected chi connectivity index (χ2v) is 8.05. The van der Waals surface area contributed by atoms with Crippen molar-refractivity contribution in [1.29, 1.82) is 0 Å². The van der Waals surface area contributed by atoms with Gasteiger partial charge in [-0.15, -0.1) is 0 Å². The van der Waals surface area contributed by atoms with Gasteiger partial charge in [-0.2, -0.15) is 0 Å². The summed E-state index contributed by atoms with van der Waals surface area (Å²) in [5.41, 5.74) is 3.11. The van der Waals surface area contributed by atoms with Gasteiger partial charge >= 0.3 is 0 Å². The molecule has 1 atom stereocenters. The molecule has 1 aliphatic rings. The summed E-state index contributed by atoms with van der Waals surface area (Å²) >= 11 is 0. The molecule has 0 aromatic heterocycles. The number of rotatable bonds is 5. The van der Waals surface area contributed by atoms with E-state index in [-0.39, 0.29) is 6.04 Å². The van der Waals surface area contributed by atoms with Crippen LogP contribution in [-0.2, 0) is 22.9 Å². The van der Waals surface area contributed by atoms with Crippen LogP contribution in [0.3, 0.4) is 0 Å². The zero-order chi connectivity index (χ0) is 16.4. The van der Waals surface area contributed by atoms with Crippen molar-refractivity contribution >= 4 is 15.7 Å². The van der Waals surface area contributed by atoms with Gasteiger partial charge in [0.1, 0.15) is 0 Å². The van der Waals surface area contributed by atoms with Gasteiger partial charge in [-0.25, -0.2) is 8.42 Å². The summed E-state index contributed by atoms with van der Waals surface area (Å²) in [6.45, 7) is 4.12. The third-order valence-electron chi connectivity index (χ3n) is 4.44. The zero-order valence-electron chi connectivity index (χ0n) is 13.7. The second kappa shape index (κ2) is 6.36. The molecule has 0 saturated heterocycles. The highest BCUT2D eigenvalue weighted by Gasteiger charge is 2.35. The number of nitrogens with zero attached hydrogens (tertiary/aromatic N) is 1. The van der Waals surface area contributed by atoms with E-state index in [1.165, 1.54) is 5.56 Å². The van der Waals surface area contributed by atoms with Crippen molar-refractivity contribution in [3.05, 3.63) is 59.7 Å². The van der Waals surface area contributed by atoms with Crippen LogP contribution in [0, 0.1) is 0 Å². The number of para-hydroxylation sites is 1. The Kier molecular flexibility index (Phi) is 4.44. The van der Waals surface area contributed by atoms with Crippen molar-refractivity contribution in [2.24, 2.45) is 0 Å². The predicted octanol–water partition coefficient (Wildman–Crippen LogP) is 4.17. The van der Waals surface area contributed by atoms with E-state index in [1.54, 1.807) is 16.4 Å². The summed E-state index contributed by atoms with van der Waals surface area (Å²) in [4.78, 5) is 0.376. The van der Waals surface area contributed by atoms with Gasteiger partial charge in [0.2, 0.25) is 0 Å². The first kappa shape index (κ1) is 16.1. The Morgan fingerprint density at radius 2 is 1.78 bits per heavy atom. The summed E-state index contributed by atoms with van der Waals surface area (Å²) < 4.78 is 27.7. The Morgan fingerprint density at radius 1 is 1.09 bits per heavy atom. The standard InChI is InChI=1S/C19H23NO2S/c1-3-4-7-16-10-12-18(13-11-16)23(21,22)20-15(2)14-17-8-5-6-9-19(17)20/h5-6,8-13,15H,3-4,7,14H2,1-2H3. The average Bonchev–Trinajstić information content (AvgIpc) is 2.89. The molecule has 0 radical (unpaired) electrons. The zero-order valence-corrected chi connectivity index (χ0v) is 14.5. The lowest BCUT2D eigenvalue weighted by Crippen LogP contribution is -2.35. The first-order chi connectivity index (χ1) is 11.0. The van der Waals surface area contributed by atoms with Gasteiger partial charge in [-0.1, -0.05) is 43.7 Å². The van der Waals surface area contributed by atoms with Crippen LogP contribution >= 0.6 is 0 Å². The van der Waals surface area contributed by atoms with Gasteiger partial charge in [0.25, 0.3) is 10.0 Å². The van der Waals surface area contributed by atoms with Crippen molar-refractivity contribution in [2.45, 2.75) is 50.5 Å². The Morgan fingerprint density at radius 3 is 2.48 bits per heavy atom. The Balaban J connectivity index is 1.93. The van der Waals surface area contributed by atoms with Crippen molar-refractivity contribution in [1.82, 2.24) is 0 Å². The van der Waals surface area contributed by atoms with Crippen LogP contribution in [0.25, 0.3) is 0 Å². The molecule has 0 saturated carbocycles. The number of hydrogen-bond donors (Lipinski definition) is 0. The van der Waals surface area contributed by atoms with Gasteiger partial charge < -0.3 is 0 Å². The van der Waals surface area contributed by atoms with Crippen molar-refractivity contribution in [3.63, 3.8) is 0 Å².